The average Bonchev–Trinajstić information content (AvgIpc) is 3.32. The summed E-state index contributed by atoms with van der Waals surface area (Å²) < 4.78 is 0. The number of carbonyl (C=O) groups excluding carboxylic acids is 1. The molecule has 1 aliphatic heterocycles. The van der Waals surface area contributed by atoms with Gasteiger partial charge in [0, 0.05) is 32.4 Å². The third-order valence-electron chi connectivity index (χ3n) is 5.71. The summed E-state index contributed by atoms with van der Waals surface area (Å²) in [5.74, 6) is 1.45. The van der Waals surface area contributed by atoms with Gasteiger partial charge in [-0.1, -0.05) is 0 Å². The standard InChI is InChI=1S/C17H23N5O3/c1-21(16-13-2-3-18-15(13)19-9-20-16)12-4-10-6-22(7-11(10)5-12)17(25)14(24)8-23/h2-3,9-12,14,23-24H,4-8H2,1H3,(H,18,19,20)/t10-,11+,12+,14?. The van der Waals surface area contributed by atoms with Crippen molar-refractivity contribution in [1.82, 2.24) is 19.9 Å². The molecule has 1 saturated heterocycles. The number of H-pyrrole nitrogens is 1. The predicted octanol–water partition coefficient (Wildman–Crippen LogP) is -0.0157. The molecule has 1 aliphatic carbocycles. The molecule has 2 fully saturated rings. The largest absolute Gasteiger partial charge is 0.393 e. The molecule has 0 aromatic carbocycles. The van der Waals surface area contributed by atoms with Crippen molar-refractivity contribution in [2.75, 3.05) is 31.6 Å². The lowest BCUT2D eigenvalue weighted by Gasteiger charge is -2.28. The maximum atomic E-state index is 12.0. The molecule has 134 valence electrons. The van der Waals surface area contributed by atoms with Gasteiger partial charge in [0.2, 0.25) is 0 Å². The zero-order valence-corrected chi connectivity index (χ0v) is 14.2. The number of aromatic nitrogens is 3. The summed E-state index contributed by atoms with van der Waals surface area (Å²) in [4.78, 5) is 27.8. The van der Waals surface area contributed by atoms with E-state index in [9.17, 15) is 9.90 Å². The Balaban J connectivity index is 1.45. The third-order valence-corrected chi connectivity index (χ3v) is 5.71. The van der Waals surface area contributed by atoms with Crippen molar-refractivity contribution in [2.45, 2.75) is 25.0 Å². The number of anilines is 1. The van der Waals surface area contributed by atoms with Crippen LogP contribution in [0.5, 0.6) is 0 Å². The number of fused-ring (bicyclic) bond motifs is 2. The lowest BCUT2D eigenvalue weighted by molar-refractivity contribution is -0.141. The Hall–Kier alpha value is -2.19. The van der Waals surface area contributed by atoms with E-state index in [1.807, 2.05) is 12.3 Å². The maximum Gasteiger partial charge on any atom is 0.253 e. The molecular formula is C17H23N5O3. The molecule has 2 aromatic rings. The van der Waals surface area contributed by atoms with Gasteiger partial charge in [-0.2, -0.15) is 0 Å². The Morgan fingerprint density at radius 1 is 1.40 bits per heavy atom. The summed E-state index contributed by atoms with van der Waals surface area (Å²) in [6.07, 6.45) is 4.15. The molecule has 0 radical (unpaired) electrons. The van der Waals surface area contributed by atoms with Gasteiger partial charge in [-0.3, -0.25) is 4.79 Å². The summed E-state index contributed by atoms with van der Waals surface area (Å²) in [5.41, 5.74) is 0.838. The van der Waals surface area contributed by atoms with Gasteiger partial charge in [0.1, 0.15) is 17.8 Å². The lowest BCUT2D eigenvalue weighted by Crippen LogP contribution is -2.41. The maximum absolute atomic E-state index is 12.0. The first kappa shape index (κ1) is 16.3. The van der Waals surface area contributed by atoms with Crippen molar-refractivity contribution in [2.24, 2.45) is 11.8 Å². The number of amides is 1. The molecule has 1 saturated carbocycles. The van der Waals surface area contributed by atoms with Crippen LogP contribution in [0.1, 0.15) is 12.8 Å². The van der Waals surface area contributed by atoms with Crippen LogP contribution in [0.3, 0.4) is 0 Å². The zero-order valence-electron chi connectivity index (χ0n) is 14.2. The normalized spacial score (nSPS) is 26.8. The van der Waals surface area contributed by atoms with E-state index in [4.69, 9.17) is 5.11 Å². The van der Waals surface area contributed by atoms with Crippen LogP contribution in [-0.4, -0.2) is 74.9 Å². The number of nitrogens with one attached hydrogen (secondary N) is 1. The van der Waals surface area contributed by atoms with Crippen molar-refractivity contribution in [3.8, 4) is 0 Å². The van der Waals surface area contributed by atoms with Gasteiger partial charge < -0.3 is 25.0 Å². The molecule has 8 nitrogen and oxygen atoms in total. The number of carbonyl (C=O) groups is 1. The highest BCUT2D eigenvalue weighted by Crippen LogP contribution is 2.41. The predicted molar refractivity (Wildman–Crippen MR) is 92.0 cm³/mol. The molecule has 1 amide bonds. The van der Waals surface area contributed by atoms with Crippen LogP contribution in [-0.2, 0) is 4.79 Å². The van der Waals surface area contributed by atoms with E-state index in [-0.39, 0.29) is 5.91 Å². The summed E-state index contributed by atoms with van der Waals surface area (Å²) >= 11 is 0. The van der Waals surface area contributed by atoms with E-state index in [1.165, 1.54) is 0 Å². The zero-order chi connectivity index (χ0) is 17.6. The van der Waals surface area contributed by atoms with Gasteiger partial charge in [0.05, 0.1) is 12.0 Å². The molecule has 4 atom stereocenters. The molecule has 3 heterocycles. The molecule has 1 unspecified atom stereocenters. The van der Waals surface area contributed by atoms with E-state index in [1.54, 1.807) is 11.2 Å². The minimum atomic E-state index is -1.29. The monoisotopic (exact) mass is 345 g/mol. The summed E-state index contributed by atoms with van der Waals surface area (Å²) in [6.45, 7) is 0.804. The number of hydrogen-bond donors (Lipinski definition) is 3. The first-order valence-corrected chi connectivity index (χ1v) is 8.67. The molecule has 3 N–H and O–H groups in total. The fourth-order valence-electron chi connectivity index (χ4n) is 4.37. The highest BCUT2D eigenvalue weighted by atomic mass is 16.3. The van der Waals surface area contributed by atoms with Gasteiger partial charge in [0.25, 0.3) is 5.91 Å². The van der Waals surface area contributed by atoms with E-state index in [2.05, 4.69) is 26.9 Å². The van der Waals surface area contributed by atoms with Gasteiger partial charge >= 0.3 is 0 Å². The molecule has 4 rings (SSSR count). The second-order valence-corrected chi connectivity index (χ2v) is 7.14. The van der Waals surface area contributed by atoms with E-state index in [0.717, 1.165) is 29.7 Å². The Kier molecular flexibility index (Phi) is 4.09. The lowest BCUT2D eigenvalue weighted by atomic mass is 10.0. The summed E-state index contributed by atoms with van der Waals surface area (Å²) in [6, 6.07) is 2.37. The van der Waals surface area contributed by atoms with Crippen LogP contribution >= 0.6 is 0 Å². The molecule has 2 aromatic heterocycles. The topological polar surface area (TPSA) is 106 Å². The van der Waals surface area contributed by atoms with Crippen LogP contribution in [0.15, 0.2) is 18.6 Å². The Morgan fingerprint density at radius 3 is 2.80 bits per heavy atom. The van der Waals surface area contributed by atoms with E-state index >= 15 is 0 Å². The van der Waals surface area contributed by atoms with Gasteiger partial charge in [-0.15, -0.1) is 0 Å². The number of nitrogens with zero attached hydrogens (tertiary/aromatic N) is 4. The van der Waals surface area contributed by atoms with Gasteiger partial charge in [-0.05, 0) is 30.7 Å². The molecule has 8 heteroatoms. The molecule has 0 bridgehead atoms. The Bertz CT molecular complexity index is 764. The van der Waals surface area contributed by atoms with Crippen molar-refractivity contribution in [1.29, 1.82) is 0 Å². The smallest absolute Gasteiger partial charge is 0.253 e. The van der Waals surface area contributed by atoms with Gasteiger partial charge in [-0.25, -0.2) is 9.97 Å². The van der Waals surface area contributed by atoms with Crippen LogP contribution in [0.25, 0.3) is 11.0 Å². The Morgan fingerprint density at radius 2 is 2.12 bits per heavy atom. The molecule has 0 spiro atoms. The quantitative estimate of drug-likeness (QED) is 0.719. The second-order valence-electron chi connectivity index (χ2n) is 7.14. The number of rotatable bonds is 4. The minimum absolute atomic E-state index is 0.355. The van der Waals surface area contributed by atoms with Crippen LogP contribution < -0.4 is 4.90 Å². The fourth-order valence-corrected chi connectivity index (χ4v) is 4.37. The van der Waals surface area contributed by atoms with Crippen molar-refractivity contribution in [3.63, 3.8) is 0 Å². The van der Waals surface area contributed by atoms with Crippen LogP contribution in [0.4, 0.5) is 5.82 Å². The van der Waals surface area contributed by atoms with Gasteiger partial charge in [0.15, 0.2) is 6.10 Å². The molecular weight excluding hydrogens is 322 g/mol. The highest BCUT2D eigenvalue weighted by Gasteiger charge is 2.44. The SMILES string of the molecule is CN(c1ncnc2[nH]ccc12)[C@H]1C[C@@H]2CN(C(=O)C(O)CO)C[C@@H]2C1. The number of aliphatic hydroxyl groups is 2. The first-order valence-electron chi connectivity index (χ1n) is 8.67. The van der Waals surface area contributed by atoms with Crippen molar-refractivity contribution in [3.05, 3.63) is 18.6 Å². The summed E-state index contributed by atoms with van der Waals surface area (Å²) in [7, 11) is 2.07. The first-order chi connectivity index (χ1) is 12.1. The number of aromatic amines is 1. The fraction of sp³-hybridized carbons (Fsp3) is 0.588. The minimum Gasteiger partial charge on any atom is -0.393 e. The Labute approximate surface area is 145 Å². The number of likely N-dealkylation sites (tertiary alicyclic amines) is 1. The van der Waals surface area contributed by atoms with E-state index in [0.29, 0.717) is 31.0 Å². The summed E-state index contributed by atoms with van der Waals surface area (Å²) in [5, 5.41) is 19.5. The second kappa shape index (κ2) is 6.27. The third kappa shape index (κ3) is 2.75. The number of hydrogen-bond acceptors (Lipinski definition) is 6. The highest BCUT2D eigenvalue weighted by molar-refractivity contribution is 5.87. The average molecular weight is 345 g/mol. The molecule has 2 aliphatic rings. The van der Waals surface area contributed by atoms with Crippen LogP contribution in [0.2, 0.25) is 0 Å². The van der Waals surface area contributed by atoms with Crippen molar-refractivity contribution >= 4 is 22.8 Å². The van der Waals surface area contributed by atoms with Crippen molar-refractivity contribution < 1.29 is 15.0 Å². The van der Waals surface area contributed by atoms with E-state index < -0.39 is 12.7 Å². The van der Waals surface area contributed by atoms with Crippen LogP contribution in [0, 0.1) is 11.8 Å². The molecule has 25 heavy (non-hydrogen) atoms. The number of aliphatic hydroxyl groups excluding tert-OH is 2.